The topological polar surface area (TPSA) is 93.4 Å². The van der Waals surface area contributed by atoms with Crippen LogP contribution in [0, 0.1) is 0 Å². The van der Waals surface area contributed by atoms with Crippen LogP contribution in [0.2, 0.25) is 0 Å². The number of nitrogens with zero attached hydrogens (tertiary/aromatic N) is 3. The van der Waals surface area contributed by atoms with Gasteiger partial charge in [0.25, 0.3) is 0 Å². The number of carboxylic acid groups (broad SMARTS) is 2. The average Bonchev–Trinajstić information content (AvgIpc) is 3.12. The van der Waals surface area contributed by atoms with Crippen LogP contribution in [-0.4, -0.2) is 78.1 Å². The van der Waals surface area contributed by atoms with Crippen molar-refractivity contribution in [3.63, 3.8) is 0 Å². The maximum atomic E-state index is 11.0. The number of hydrogen-bond donors (Lipinski definition) is 2. The maximum Gasteiger partial charge on any atom is 0.323 e. The zero-order chi connectivity index (χ0) is 21.2. The molecular formula is C21H41N3O4. The second kappa shape index (κ2) is 17.5. The van der Waals surface area contributed by atoms with Gasteiger partial charge in [0.2, 0.25) is 0 Å². The molecule has 0 aliphatic carbocycles. The minimum atomic E-state index is -0.802. The first-order valence-corrected chi connectivity index (χ1v) is 10.7. The first kappa shape index (κ1) is 26.4. The molecule has 1 heterocycles. The quantitative estimate of drug-likeness (QED) is 0.408. The van der Waals surface area contributed by atoms with Gasteiger partial charge in [-0.2, -0.15) is 0 Å². The van der Waals surface area contributed by atoms with E-state index in [0.717, 1.165) is 25.9 Å². The molecule has 1 unspecified atom stereocenters. The Morgan fingerprint density at radius 3 is 1.93 bits per heavy atom. The van der Waals surface area contributed by atoms with Crippen molar-refractivity contribution in [1.82, 2.24) is 9.80 Å². The molecule has 2 N–H and O–H groups in total. The smallest absolute Gasteiger partial charge is 0.323 e. The molecule has 0 saturated carbocycles. The van der Waals surface area contributed by atoms with Crippen LogP contribution in [0.25, 0.3) is 0 Å². The standard InChI is InChI=1S/C16H33NO2.C5H8N2O2/c1-4-5-6-7-8-9-10-11-12-13-14-15(16(18)19)17(2)3;8-5(9)3-7-2-1-6-4-7/h15H,4-14H2,1-3H3,(H,18,19);4H,1-3H2,(H,8,9). The summed E-state index contributed by atoms with van der Waals surface area (Å²) in [5.74, 6) is -1.50. The molecule has 0 saturated heterocycles. The van der Waals surface area contributed by atoms with Gasteiger partial charge < -0.3 is 15.1 Å². The summed E-state index contributed by atoms with van der Waals surface area (Å²) in [5, 5.41) is 17.3. The number of carbonyl (C=O) groups is 2. The lowest BCUT2D eigenvalue weighted by atomic mass is 10.0. The van der Waals surface area contributed by atoms with Gasteiger partial charge in [-0.3, -0.25) is 19.5 Å². The molecule has 1 aliphatic rings. The van der Waals surface area contributed by atoms with Crippen molar-refractivity contribution in [3.05, 3.63) is 0 Å². The Morgan fingerprint density at radius 1 is 1.00 bits per heavy atom. The Morgan fingerprint density at radius 2 is 1.54 bits per heavy atom. The van der Waals surface area contributed by atoms with Crippen molar-refractivity contribution in [2.45, 2.75) is 83.6 Å². The van der Waals surface area contributed by atoms with E-state index in [-0.39, 0.29) is 12.6 Å². The molecule has 28 heavy (non-hydrogen) atoms. The van der Waals surface area contributed by atoms with Crippen molar-refractivity contribution in [2.75, 3.05) is 33.7 Å². The van der Waals surface area contributed by atoms with E-state index >= 15 is 0 Å². The predicted octanol–water partition coefficient (Wildman–Crippen LogP) is 3.73. The van der Waals surface area contributed by atoms with Crippen LogP contribution < -0.4 is 0 Å². The Labute approximate surface area is 170 Å². The maximum absolute atomic E-state index is 11.0. The fraction of sp³-hybridized carbons (Fsp3) is 0.857. The first-order chi connectivity index (χ1) is 13.4. The Balaban J connectivity index is 0.000000668. The number of likely N-dealkylation sites (N-methyl/N-ethyl adjacent to an activating group) is 1. The minimum absolute atomic E-state index is 0.0729. The molecule has 0 radical (unpaired) electrons. The van der Waals surface area contributed by atoms with Crippen molar-refractivity contribution in [1.29, 1.82) is 0 Å². The lowest BCUT2D eigenvalue weighted by molar-refractivity contribution is -0.142. The highest BCUT2D eigenvalue weighted by atomic mass is 16.4. The van der Waals surface area contributed by atoms with Crippen molar-refractivity contribution >= 4 is 18.3 Å². The van der Waals surface area contributed by atoms with Gasteiger partial charge in [-0.1, -0.05) is 71.1 Å². The highest BCUT2D eigenvalue weighted by Crippen LogP contribution is 2.13. The molecule has 1 rings (SSSR count). The molecule has 7 nitrogen and oxygen atoms in total. The first-order valence-electron chi connectivity index (χ1n) is 10.7. The van der Waals surface area contributed by atoms with Gasteiger partial charge in [-0.15, -0.1) is 0 Å². The molecule has 0 bridgehead atoms. The van der Waals surface area contributed by atoms with Crippen LogP contribution in [0.1, 0.15) is 77.6 Å². The molecule has 1 atom stereocenters. The molecule has 7 heteroatoms. The molecule has 0 aromatic carbocycles. The third-order valence-corrected chi connectivity index (χ3v) is 4.84. The lowest BCUT2D eigenvalue weighted by Crippen LogP contribution is -2.35. The molecule has 0 aromatic heterocycles. The summed E-state index contributed by atoms with van der Waals surface area (Å²) >= 11 is 0. The molecule has 0 fully saturated rings. The van der Waals surface area contributed by atoms with E-state index in [1.807, 2.05) is 14.1 Å². The van der Waals surface area contributed by atoms with E-state index in [0.29, 0.717) is 0 Å². The number of rotatable bonds is 15. The van der Waals surface area contributed by atoms with Gasteiger partial charge in [0, 0.05) is 6.54 Å². The van der Waals surface area contributed by atoms with E-state index in [1.165, 1.54) is 57.8 Å². The number of hydrogen-bond acceptors (Lipinski definition) is 5. The lowest BCUT2D eigenvalue weighted by Gasteiger charge is -2.19. The minimum Gasteiger partial charge on any atom is -0.480 e. The van der Waals surface area contributed by atoms with Gasteiger partial charge >= 0.3 is 11.9 Å². The summed E-state index contributed by atoms with van der Waals surface area (Å²) in [6.07, 6.45) is 15.3. The SMILES string of the molecule is CCCCCCCCCCCCC(C(=O)O)N(C)C.O=C(O)CN1C=NCC1. The predicted molar refractivity (Wildman–Crippen MR) is 114 cm³/mol. The van der Waals surface area contributed by atoms with Crippen LogP contribution in [0.3, 0.4) is 0 Å². The summed E-state index contributed by atoms with van der Waals surface area (Å²) in [7, 11) is 3.68. The van der Waals surface area contributed by atoms with Crippen LogP contribution in [0.4, 0.5) is 0 Å². The van der Waals surface area contributed by atoms with Gasteiger partial charge in [0.05, 0.1) is 12.9 Å². The molecule has 164 valence electrons. The van der Waals surface area contributed by atoms with Crippen LogP contribution in [0.15, 0.2) is 4.99 Å². The van der Waals surface area contributed by atoms with E-state index in [1.54, 1.807) is 16.1 Å². The molecular weight excluding hydrogens is 358 g/mol. The Kier molecular flexibility index (Phi) is 16.5. The van der Waals surface area contributed by atoms with Crippen molar-refractivity contribution in [2.24, 2.45) is 4.99 Å². The Bertz CT molecular complexity index is 441. The van der Waals surface area contributed by atoms with E-state index < -0.39 is 11.9 Å². The number of aliphatic carboxylic acids is 2. The molecule has 1 aliphatic heterocycles. The molecule has 0 amide bonds. The highest BCUT2D eigenvalue weighted by molar-refractivity contribution is 5.73. The summed E-state index contributed by atoms with van der Waals surface area (Å²) in [6, 6.07) is -0.311. The normalized spacial score (nSPS) is 14.1. The van der Waals surface area contributed by atoms with Crippen molar-refractivity contribution < 1.29 is 19.8 Å². The van der Waals surface area contributed by atoms with E-state index in [2.05, 4.69) is 11.9 Å². The monoisotopic (exact) mass is 399 g/mol. The summed E-state index contributed by atoms with van der Waals surface area (Å²) < 4.78 is 0. The largest absolute Gasteiger partial charge is 0.480 e. The Hall–Kier alpha value is -1.63. The third-order valence-electron chi connectivity index (χ3n) is 4.84. The van der Waals surface area contributed by atoms with Crippen LogP contribution >= 0.6 is 0 Å². The third kappa shape index (κ3) is 15.4. The zero-order valence-corrected chi connectivity index (χ0v) is 18.1. The summed E-state index contributed by atoms with van der Waals surface area (Å²) in [5.41, 5.74) is 0. The summed E-state index contributed by atoms with van der Waals surface area (Å²) in [6.45, 7) is 3.79. The van der Waals surface area contributed by atoms with Gasteiger partial charge in [0.1, 0.15) is 12.6 Å². The number of aliphatic imine (C=N–C) groups is 1. The van der Waals surface area contributed by atoms with Gasteiger partial charge in [-0.25, -0.2) is 0 Å². The summed E-state index contributed by atoms with van der Waals surface area (Å²) in [4.78, 5) is 28.4. The molecule has 0 aromatic rings. The molecule has 0 spiro atoms. The van der Waals surface area contributed by atoms with Crippen LogP contribution in [-0.2, 0) is 9.59 Å². The number of unbranched alkanes of at least 4 members (excludes halogenated alkanes) is 9. The van der Waals surface area contributed by atoms with Crippen LogP contribution in [0.5, 0.6) is 0 Å². The zero-order valence-electron chi connectivity index (χ0n) is 18.1. The van der Waals surface area contributed by atoms with E-state index in [4.69, 9.17) is 10.2 Å². The fourth-order valence-corrected chi connectivity index (χ4v) is 3.14. The van der Waals surface area contributed by atoms with Gasteiger partial charge in [-0.05, 0) is 20.5 Å². The van der Waals surface area contributed by atoms with Gasteiger partial charge in [0.15, 0.2) is 0 Å². The van der Waals surface area contributed by atoms with Crippen molar-refractivity contribution in [3.8, 4) is 0 Å². The highest BCUT2D eigenvalue weighted by Gasteiger charge is 2.18. The fourth-order valence-electron chi connectivity index (χ4n) is 3.14. The second-order valence-electron chi connectivity index (χ2n) is 7.67. The second-order valence-corrected chi connectivity index (χ2v) is 7.67. The number of carboxylic acids is 2. The van der Waals surface area contributed by atoms with E-state index in [9.17, 15) is 9.59 Å². The average molecular weight is 400 g/mol.